The van der Waals surface area contributed by atoms with Crippen LogP contribution in [0.3, 0.4) is 0 Å². The van der Waals surface area contributed by atoms with Crippen LogP contribution in [0.4, 0.5) is 0 Å². The maximum absolute atomic E-state index is 10.8. The maximum Gasteiger partial charge on any atom is 0.325 e. The van der Waals surface area contributed by atoms with Gasteiger partial charge in [-0.1, -0.05) is 42.5 Å². The van der Waals surface area contributed by atoms with Gasteiger partial charge in [0, 0.05) is 6.42 Å². The minimum atomic E-state index is -0.314. The molecule has 0 fully saturated rings. The monoisotopic (exact) mass is 223 g/mol. The van der Waals surface area contributed by atoms with Crippen LogP contribution < -0.4 is 5.32 Å². The van der Waals surface area contributed by atoms with Crippen molar-refractivity contribution in [3.05, 3.63) is 35.9 Å². The Morgan fingerprint density at radius 2 is 2.07 bits per heavy atom. The first-order valence-electron chi connectivity index (χ1n) is 4.60. The van der Waals surface area contributed by atoms with Crippen molar-refractivity contribution >= 4 is 23.2 Å². The van der Waals surface area contributed by atoms with Crippen LogP contribution in [0.1, 0.15) is 5.56 Å². The molecule has 0 saturated carbocycles. The summed E-state index contributed by atoms with van der Waals surface area (Å²) in [6, 6.07) is 9.85. The zero-order valence-corrected chi connectivity index (χ0v) is 9.34. The van der Waals surface area contributed by atoms with Crippen molar-refractivity contribution in [2.75, 3.05) is 13.7 Å². The fourth-order valence-corrected chi connectivity index (χ4v) is 1.33. The van der Waals surface area contributed by atoms with E-state index in [-0.39, 0.29) is 12.5 Å². The summed E-state index contributed by atoms with van der Waals surface area (Å²) >= 11 is 5.08. The molecule has 0 atom stereocenters. The molecule has 0 aliphatic rings. The van der Waals surface area contributed by atoms with Crippen molar-refractivity contribution in [1.29, 1.82) is 0 Å². The summed E-state index contributed by atoms with van der Waals surface area (Å²) in [6.07, 6.45) is 0.646. The second kappa shape index (κ2) is 6.14. The summed E-state index contributed by atoms with van der Waals surface area (Å²) in [5, 5.41) is 2.84. The molecule has 0 heterocycles. The molecule has 0 spiro atoms. The van der Waals surface area contributed by atoms with Gasteiger partial charge in [-0.3, -0.25) is 4.79 Å². The third kappa shape index (κ3) is 4.56. The molecule has 0 aliphatic carbocycles. The van der Waals surface area contributed by atoms with Gasteiger partial charge < -0.3 is 10.1 Å². The lowest BCUT2D eigenvalue weighted by atomic mass is 10.1. The van der Waals surface area contributed by atoms with Gasteiger partial charge in [0.05, 0.1) is 12.1 Å². The summed E-state index contributed by atoms with van der Waals surface area (Å²) in [7, 11) is 1.35. The van der Waals surface area contributed by atoms with E-state index in [9.17, 15) is 4.79 Å². The molecule has 3 nitrogen and oxygen atoms in total. The standard InChI is InChI=1S/C11H13NO2S/c1-14-11(13)8-12-10(15)7-9-5-3-2-4-6-9/h2-6H,7-8H2,1H3,(H,12,15). The minimum Gasteiger partial charge on any atom is -0.468 e. The van der Waals surface area contributed by atoms with E-state index < -0.39 is 0 Å². The summed E-state index contributed by atoms with van der Waals surface area (Å²) in [5.41, 5.74) is 1.12. The van der Waals surface area contributed by atoms with Crippen LogP contribution in [-0.4, -0.2) is 24.6 Å². The summed E-state index contributed by atoms with van der Waals surface area (Å²) < 4.78 is 4.49. The summed E-state index contributed by atoms with van der Waals surface area (Å²) in [6.45, 7) is 0.127. The van der Waals surface area contributed by atoms with Gasteiger partial charge in [0.15, 0.2) is 0 Å². The van der Waals surface area contributed by atoms with E-state index in [2.05, 4.69) is 10.1 Å². The van der Waals surface area contributed by atoms with E-state index in [1.165, 1.54) is 7.11 Å². The lowest BCUT2D eigenvalue weighted by Crippen LogP contribution is -2.29. The van der Waals surface area contributed by atoms with E-state index in [0.717, 1.165) is 5.56 Å². The number of rotatable bonds is 4. The van der Waals surface area contributed by atoms with Gasteiger partial charge in [0.2, 0.25) is 0 Å². The van der Waals surface area contributed by atoms with E-state index in [1.807, 2.05) is 30.3 Å². The minimum absolute atomic E-state index is 0.127. The van der Waals surface area contributed by atoms with Crippen molar-refractivity contribution < 1.29 is 9.53 Å². The first-order valence-corrected chi connectivity index (χ1v) is 5.00. The smallest absolute Gasteiger partial charge is 0.325 e. The number of carbonyl (C=O) groups is 1. The Balaban J connectivity index is 2.34. The third-order valence-electron chi connectivity index (χ3n) is 1.87. The van der Waals surface area contributed by atoms with Crippen LogP contribution in [-0.2, 0) is 16.0 Å². The van der Waals surface area contributed by atoms with Crippen LogP contribution in [0.2, 0.25) is 0 Å². The Bertz CT molecular complexity index is 338. The molecular weight excluding hydrogens is 210 g/mol. The largest absolute Gasteiger partial charge is 0.468 e. The van der Waals surface area contributed by atoms with Crippen molar-refractivity contribution in [2.45, 2.75) is 6.42 Å². The van der Waals surface area contributed by atoms with Crippen LogP contribution >= 0.6 is 12.2 Å². The number of carbonyl (C=O) groups excluding carboxylic acids is 1. The van der Waals surface area contributed by atoms with Crippen LogP contribution in [0.25, 0.3) is 0 Å². The number of nitrogens with one attached hydrogen (secondary N) is 1. The number of hydrogen-bond acceptors (Lipinski definition) is 3. The molecule has 0 aliphatic heterocycles. The molecule has 1 rings (SSSR count). The third-order valence-corrected chi connectivity index (χ3v) is 2.15. The second-order valence-corrected chi connectivity index (χ2v) is 3.51. The highest BCUT2D eigenvalue weighted by Crippen LogP contribution is 1.99. The lowest BCUT2D eigenvalue weighted by molar-refractivity contribution is -0.139. The van der Waals surface area contributed by atoms with Crippen LogP contribution in [0, 0.1) is 0 Å². The number of ether oxygens (including phenoxy) is 1. The molecule has 0 bridgehead atoms. The molecule has 0 unspecified atom stereocenters. The number of benzene rings is 1. The average molecular weight is 223 g/mol. The molecule has 80 valence electrons. The maximum atomic E-state index is 10.8. The Hall–Kier alpha value is -1.42. The average Bonchev–Trinajstić information content (AvgIpc) is 2.27. The van der Waals surface area contributed by atoms with Crippen molar-refractivity contribution in [2.24, 2.45) is 0 Å². The highest BCUT2D eigenvalue weighted by Gasteiger charge is 2.02. The topological polar surface area (TPSA) is 38.3 Å². The molecular formula is C11H13NO2S. The van der Waals surface area contributed by atoms with Gasteiger partial charge in [-0.25, -0.2) is 0 Å². The number of esters is 1. The van der Waals surface area contributed by atoms with Crippen molar-refractivity contribution in [3.8, 4) is 0 Å². The zero-order valence-electron chi connectivity index (χ0n) is 8.53. The Labute approximate surface area is 94.4 Å². The fourth-order valence-electron chi connectivity index (χ4n) is 1.09. The van der Waals surface area contributed by atoms with E-state index in [1.54, 1.807) is 0 Å². The van der Waals surface area contributed by atoms with Gasteiger partial charge in [0.25, 0.3) is 0 Å². The Morgan fingerprint density at radius 1 is 1.40 bits per heavy atom. The van der Waals surface area contributed by atoms with Gasteiger partial charge >= 0.3 is 5.97 Å². The number of hydrogen-bond donors (Lipinski definition) is 1. The Morgan fingerprint density at radius 3 is 2.67 bits per heavy atom. The second-order valence-electron chi connectivity index (χ2n) is 3.02. The molecule has 1 aromatic carbocycles. The normalized spacial score (nSPS) is 9.40. The summed E-state index contributed by atoms with van der Waals surface area (Å²) in [5.74, 6) is -0.314. The molecule has 0 aromatic heterocycles. The quantitative estimate of drug-likeness (QED) is 0.617. The fraction of sp³-hybridized carbons (Fsp3) is 0.273. The highest BCUT2D eigenvalue weighted by molar-refractivity contribution is 7.80. The van der Waals surface area contributed by atoms with Crippen molar-refractivity contribution in [1.82, 2.24) is 5.32 Å². The summed E-state index contributed by atoms with van der Waals surface area (Å²) in [4.78, 5) is 11.5. The SMILES string of the molecule is COC(=O)CNC(=S)Cc1ccccc1. The first kappa shape index (κ1) is 11.7. The number of methoxy groups -OCH3 is 1. The van der Waals surface area contributed by atoms with E-state index >= 15 is 0 Å². The number of thiocarbonyl (C=S) groups is 1. The van der Waals surface area contributed by atoms with Gasteiger partial charge in [0.1, 0.15) is 6.54 Å². The predicted molar refractivity (Wildman–Crippen MR) is 62.8 cm³/mol. The molecule has 1 N–H and O–H groups in total. The van der Waals surface area contributed by atoms with Gasteiger partial charge in [-0.05, 0) is 5.56 Å². The van der Waals surface area contributed by atoms with Gasteiger partial charge in [-0.2, -0.15) is 0 Å². The molecule has 0 radical (unpaired) electrons. The first-order chi connectivity index (χ1) is 7.22. The molecule has 0 amide bonds. The predicted octanol–water partition coefficient (Wildman–Crippen LogP) is 1.32. The van der Waals surface area contributed by atoms with Crippen LogP contribution in [0.15, 0.2) is 30.3 Å². The molecule has 4 heteroatoms. The Kier molecular flexibility index (Phi) is 4.77. The van der Waals surface area contributed by atoms with E-state index in [0.29, 0.717) is 11.4 Å². The molecule has 0 saturated heterocycles. The van der Waals surface area contributed by atoms with Crippen LogP contribution in [0.5, 0.6) is 0 Å². The zero-order chi connectivity index (χ0) is 11.1. The van der Waals surface area contributed by atoms with Gasteiger partial charge in [-0.15, -0.1) is 0 Å². The molecule has 1 aromatic rings. The van der Waals surface area contributed by atoms with Crippen molar-refractivity contribution in [3.63, 3.8) is 0 Å². The highest BCUT2D eigenvalue weighted by atomic mass is 32.1. The van der Waals surface area contributed by atoms with E-state index in [4.69, 9.17) is 12.2 Å². The molecule has 15 heavy (non-hydrogen) atoms. The lowest BCUT2D eigenvalue weighted by Gasteiger charge is -2.06.